The normalized spacial score (nSPS) is 0. The third kappa shape index (κ3) is 17.7. The third-order valence-electron chi connectivity index (χ3n) is 0. The summed E-state index contributed by atoms with van der Waals surface area (Å²) in [5, 5.41) is 0. The van der Waals surface area contributed by atoms with Crippen molar-refractivity contribution in [2.75, 3.05) is 0 Å². The largest absolute Gasteiger partial charge is 0 e. The molecular weight excluding hydrogens is 948 g/mol. The Labute approximate surface area is 130 Å². The summed E-state index contributed by atoms with van der Waals surface area (Å²) in [4.78, 5) is 0. The van der Waals surface area contributed by atoms with Gasteiger partial charge in [0.1, 0.15) is 0 Å². The van der Waals surface area contributed by atoms with Crippen LogP contribution in [0.1, 0.15) is 0 Å². The van der Waals surface area contributed by atoms with Gasteiger partial charge in [-0.05, 0) is 0 Å². The van der Waals surface area contributed by atoms with E-state index in [1.54, 1.807) is 0 Å². The van der Waals surface area contributed by atoms with Crippen LogP contribution in [0, 0.1) is 0 Å². The first kappa shape index (κ1) is 33.9. The summed E-state index contributed by atoms with van der Waals surface area (Å²) in [6.07, 6.45) is 0. The molecule has 5 heteroatoms. The van der Waals surface area contributed by atoms with E-state index in [2.05, 4.69) is 0 Å². The molecule has 0 fully saturated rings. The topological polar surface area (TPSA) is 0 Å². The van der Waals surface area contributed by atoms with Crippen molar-refractivity contribution in [2.24, 2.45) is 0 Å². The molecule has 0 unspecified atom stereocenters. The average molecular weight is 948 g/mol. The van der Waals surface area contributed by atoms with Crippen LogP contribution in [-0.2, 0) is 0 Å². The van der Waals surface area contributed by atoms with E-state index in [-0.39, 0.29) is 133 Å². The van der Waals surface area contributed by atoms with E-state index in [0.29, 0.717) is 0 Å². The predicted molar refractivity (Wildman–Crippen MR) is 28.8 cm³/mol. The monoisotopic (exact) mass is 952 g/mol. The van der Waals surface area contributed by atoms with Crippen molar-refractivity contribution in [3.05, 3.63) is 0 Å². The second-order valence-corrected chi connectivity index (χ2v) is 0. The molecule has 0 saturated heterocycles. The van der Waals surface area contributed by atoms with Crippen LogP contribution in [-0.4, -0.2) is 133 Å². The Balaban J connectivity index is 0. The maximum Gasteiger partial charge on any atom is 0 e. The fourth-order valence-electron chi connectivity index (χ4n) is 0. The number of hydrogen-bond acceptors (Lipinski definition) is 0. The predicted octanol–water partition coefficient (Wildman–Crippen LogP) is -1.90. The first-order valence-corrected chi connectivity index (χ1v) is 0. The summed E-state index contributed by atoms with van der Waals surface area (Å²) in [5.41, 5.74) is 0. The van der Waals surface area contributed by atoms with Crippen molar-refractivity contribution in [1.29, 1.82) is 0 Å². The van der Waals surface area contributed by atoms with Crippen LogP contribution in [0.5, 0.6) is 0 Å². The Kier molecular flexibility index (Phi) is 160. The van der Waals surface area contributed by atoms with Gasteiger partial charge < -0.3 is 0 Å². The van der Waals surface area contributed by atoms with Gasteiger partial charge in [-0.2, -0.15) is 0 Å². The van der Waals surface area contributed by atoms with E-state index in [1.165, 1.54) is 0 Å². The molecule has 0 spiro atoms. The second-order valence-electron chi connectivity index (χ2n) is 0. The van der Waals surface area contributed by atoms with Crippen molar-refractivity contribution in [1.82, 2.24) is 0 Å². The molecule has 0 bridgehead atoms. The Bertz CT molecular complexity index is 3.61. The fraction of sp³-hybridized carbons (Fsp3) is 0. The summed E-state index contributed by atoms with van der Waals surface area (Å²) >= 11 is 0. The van der Waals surface area contributed by atoms with E-state index in [1.807, 2.05) is 0 Å². The number of hydrogen-bond donors (Lipinski definition) is 0. The molecule has 0 N–H and O–H groups in total. The van der Waals surface area contributed by atoms with E-state index in [9.17, 15) is 0 Å². The molecular formula is Pb4Sn. The maximum absolute atomic E-state index is 0. The maximum atomic E-state index is 0. The van der Waals surface area contributed by atoms with Crippen LogP contribution in [0.3, 0.4) is 0 Å². The van der Waals surface area contributed by atoms with Gasteiger partial charge in [0.25, 0.3) is 0 Å². The molecule has 0 nitrogen and oxygen atoms in total. The van der Waals surface area contributed by atoms with E-state index in [4.69, 9.17) is 0 Å². The standard InChI is InChI=1S/4Pb.Sn. The molecule has 0 heterocycles. The molecule has 0 saturated carbocycles. The van der Waals surface area contributed by atoms with Crippen LogP contribution in [0.15, 0.2) is 0 Å². The van der Waals surface area contributed by atoms with Gasteiger partial charge in [-0.3, -0.25) is 0 Å². The molecule has 0 rings (SSSR count). The van der Waals surface area contributed by atoms with Gasteiger partial charge >= 0.3 is 0 Å². The zero-order valence-corrected chi connectivity index (χ0v) is 20.9. The minimum Gasteiger partial charge on any atom is 0 e. The zero-order valence-electron chi connectivity index (χ0n) is 2.50. The van der Waals surface area contributed by atoms with Crippen molar-refractivity contribution < 1.29 is 0 Å². The van der Waals surface area contributed by atoms with Gasteiger partial charge in [-0.25, -0.2) is 0 Å². The van der Waals surface area contributed by atoms with Crippen molar-refractivity contribution in [2.45, 2.75) is 0 Å². The minimum atomic E-state index is 0. The van der Waals surface area contributed by atoms with Crippen molar-refractivity contribution in [3.8, 4) is 0 Å². The molecule has 0 aliphatic carbocycles. The molecule has 20 valence electrons. The fourth-order valence-corrected chi connectivity index (χ4v) is 0. The summed E-state index contributed by atoms with van der Waals surface area (Å²) in [5.74, 6) is 0. The first-order valence-electron chi connectivity index (χ1n) is 0. The van der Waals surface area contributed by atoms with E-state index < -0.39 is 0 Å². The minimum absolute atomic E-state index is 0. The Morgan fingerprint density at radius 2 is 0.400 bits per heavy atom. The quantitative estimate of drug-likeness (QED) is 0.250. The Morgan fingerprint density at radius 1 is 0.400 bits per heavy atom. The Morgan fingerprint density at radius 3 is 0.400 bits per heavy atom. The smallest absolute Gasteiger partial charge is 0 e. The van der Waals surface area contributed by atoms with Crippen molar-refractivity contribution >= 4 is 133 Å². The SMILES string of the molecule is [Pb].[Pb].[Pb].[Pb].[Sn]. The summed E-state index contributed by atoms with van der Waals surface area (Å²) in [6, 6.07) is 0. The van der Waals surface area contributed by atoms with Crippen LogP contribution < -0.4 is 0 Å². The van der Waals surface area contributed by atoms with Gasteiger partial charge in [0.2, 0.25) is 0 Å². The van der Waals surface area contributed by atoms with E-state index in [0.717, 1.165) is 0 Å². The Hall–Kier alpha value is 4.49. The van der Waals surface area contributed by atoms with Gasteiger partial charge in [0.15, 0.2) is 0 Å². The summed E-state index contributed by atoms with van der Waals surface area (Å²) in [7, 11) is 0. The molecule has 0 atom stereocenters. The zero-order chi connectivity index (χ0) is 0. The van der Waals surface area contributed by atoms with Gasteiger partial charge in [-0.1, -0.05) is 0 Å². The van der Waals surface area contributed by atoms with Crippen LogP contribution in [0.4, 0.5) is 0 Å². The molecule has 20 radical (unpaired) electrons. The van der Waals surface area contributed by atoms with E-state index >= 15 is 0 Å². The molecule has 5 heavy (non-hydrogen) atoms. The molecule has 0 aromatic heterocycles. The van der Waals surface area contributed by atoms with Crippen molar-refractivity contribution in [3.63, 3.8) is 0 Å². The van der Waals surface area contributed by atoms with Gasteiger partial charge in [-0.15, -0.1) is 0 Å². The molecule has 0 aromatic carbocycles. The summed E-state index contributed by atoms with van der Waals surface area (Å²) in [6.45, 7) is 0. The molecule has 0 aliphatic rings. The first-order chi connectivity index (χ1) is 0. The van der Waals surface area contributed by atoms with Gasteiger partial charge in [0.05, 0.1) is 0 Å². The second kappa shape index (κ2) is 23.6. The van der Waals surface area contributed by atoms with Crippen LogP contribution in [0.25, 0.3) is 0 Å². The molecule has 0 amide bonds. The third-order valence-corrected chi connectivity index (χ3v) is 0. The molecule has 0 aromatic rings. The van der Waals surface area contributed by atoms with Crippen LogP contribution >= 0.6 is 0 Å². The molecule has 0 aliphatic heterocycles. The van der Waals surface area contributed by atoms with Crippen LogP contribution in [0.2, 0.25) is 0 Å². The average Bonchev–Trinajstić information content (AvgIpc) is 0. The van der Waals surface area contributed by atoms with Gasteiger partial charge in [0, 0.05) is 133 Å². The number of rotatable bonds is 0. The summed E-state index contributed by atoms with van der Waals surface area (Å²) < 4.78 is 0.